The number of pyridine rings is 1. The fourth-order valence-corrected chi connectivity index (χ4v) is 4.73. The van der Waals surface area contributed by atoms with E-state index in [0.29, 0.717) is 19.4 Å². The fraction of sp³-hybridized carbons (Fsp3) is 0.316. The number of rotatable bonds is 5. The minimum atomic E-state index is -3.74. The average Bonchev–Trinajstić information content (AvgIpc) is 2.72. The van der Waals surface area contributed by atoms with Gasteiger partial charge in [0.15, 0.2) is 0 Å². The number of aromatic nitrogens is 1. The second kappa shape index (κ2) is 8.29. The Morgan fingerprint density at radius 1 is 1.22 bits per heavy atom. The zero-order valence-electron chi connectivity index (χ0n) is 14.7. The number of benzene rings is 1. The van der Waals surface area contributed by atoms with E-state index >= 15 is 0 Å². The fourth-order valence-electron chi connectivity index (χ4n) is 3.12. The van der Waals surface area contributed by atoms with Crippen molar-refractivity contribution < 1.29 is 13.2 Å². The summed E-state index contributed by atoms with van der Waals surface area (Å²) in [6.45, 7) is 0.918. The van der Waals surface area contributed by atoms with Crippen molar-refractivity contribution in [3.63, 3.8) is 0 Å². The molecule has 2 heterocycles. The minimum Gasteiger partial charge on any atom is -0.352 e. The van der Waals surface area contributed by atoms with E-state index in [2.05, 4.69) is 10.3 Å². The number of nitrogens with zero attached hydrogens (tertiary/aromatic N) is 3. The van der Waals surface area contributed by atoms with Crippen molar-refractivity contribution >= 4 is 15.9 Å². The molecule has 27 heavy (non-hydrogen) atoms. The lowest BCUT2D eigenvalue weighted by Gasteiger charge is -2.30. The average molecular weight is 384 g/mol. The molecule has 140 valence electrons. The van der Waals surface area contributed by atoms with Gasteiger partial charge < -0.3 is 5.32 Å². The Balaban J connectivity index is 1.60. The molecule has 0 spiro atoms. The summed E-state index contributed by atoms with van der Waals surface area (Å²) in [6, 6.07) is 11.8. The first-order chi connectivity index (χ1) is 13.0. The maximum absolute atomic E-state index is 12.8. The van der Waals surface area contributed by atoms with Crippen LogP contribution in [-0.2, 0) is 21.4 Å². The van der Waals surface area contributed by atoms with Crippen LogP contribution in [0.2, 0.25) is 0 Å². The zero-order valence-corrected chi connectivity index (χ0v) is 15.5. The Morgan fingerprint density at radius 2 is 1.96 bits per heavy atom. The standard InChI is InChI=1S/C19H20N4O3S/c20-12-17-5-1-2-6-18(17)27(25,26)23-10-7-16(8-11-23)19(24)22-14-15-4-3-9-21-13-15/h1-6,9,13,16H,7-8,10-11,14H2,(H,22,24). The van der Waals surface area contributed by atoms with E-state index in [-0.39, 0.29) is 35.4 Å². The van der Waals surface area contributed by atoms with E-state index in [9.17, 15) is 13.2 Å². The molecule has 1 fully saturated rings. The van der Waals surface area contributed by atoms with E-state index in [1.54, 1.807) is 24.5 Å². The number of amides is 1. The molecule has 1 amide bonds. The summed E-state index contributed by atoms with van der Waals surface area (Å²) in [5, 5.41) is 12.0. The number of hydrogen-bond acceptors (Lipinski definition) is 5. The van der Waals surface area contributed by atoms with E-state index in [1.165, 1.54) is 16.4 Å². The number of carbonyl (C=O) groups is 1. The Kier molecular flexibility index (Phi) is 5.84. The maximum Gasteiger partial charge on any atom is 0.244 e. The second-order valence-corrected chi connectivity index (χ2v) is 8.27. The zero-order chi connectivity index (χ0) is 19.3. The van der Waals surface area contributed by atoms with Crippen molar-refractivity contribution in [1.82, 2.24) is 14.6 Å². The maximum atomic E-state index is 12.8. The van der Waals surface area contributed by atoms with Crippen LogP contribution in [0.1, 0.15) is 24.0 Å². The van der Waals surface area contributed by atoms with Gasteiger partial charge in [0.1, 0.15) is 6.07 Å². The predicted molar refractivity (Wildman–Crippen MR) is 98.7 cm³/mol. The lowest BCUT2D eigenvalue weighted by molar-refractivity contribution is -0.126. The van der Waals surface area contributed by atoms with Crippen LogP contribution in [0.4, 0.5) is 0 Å². The third-order valence-electron chi connectivity index (χ3n) is 4.64. The van der Waals surface area contributed by atoms with Gasteiger partial charge in [-0.3, -0.25) is 9.78 Å². The van der Waals surface area contributed by atoms with Crippen molar-refractivity contribution in [2.24, 2.45) is 5.92 Å². The van der Waals surface area contributed by atoms with Gasteiger partial charge >= 0.3 is 0 Å². The Hall–Kier alpha value is -2.76. The SMILES string of the molecule is N#Cc1ccccc1S(=O)(=O)N1CCC(C(=O)NCc2cccnc2)CC1. The lowest BCUT2D eigenvalue weighted by Crippen LogP contribution is -2.43. The molecule has 8 heteroatoms. The molecule has 0 radical (unpaired) electrons. The van der Waals surface area contributed by atoms with Gasteiger partial charge in [0.2, 0.25) is 15.9 Å². The third-order valence-corrected chi connectivity index (χ3v) is 6.60. The number of piperidine rings is 1. The minimum absolute atomic E-state index is 0.0204. The summed E-state index contributed by atoms with van der Waals surface area (Å²) in [6.07, 6.45) is 4.27. The van der Waals surface area contributed by atoms with Crippen molar-refractivity contribution in [3.8, 4) is 6.07 Å². The van der Waals surface area contributed by atoms with Gasteiger partial charge in [0.25, 0.3) is 0 Å². The molecule has 0 atom stereocenters. The highest BCUT2D eigenvalue weighted by atomic mass is 32.2. The molecule has 0 saturated carbocycles. The summed E-state index contributed by atoms with van der Waals surface area (Å²) >= 11 is 0. The second-order valence-electron chi connectivity index (χ2n) is 6.37. The molecule has 1 N–H and O–H groups in total. The van der Waals surface area contributed by atoms with E-state index < -0.39 is 10.0 Å². The van der Waals surface area contributed by atoms with E-state index in [1.807, 2.05) is 18.2 Å². The van der Waals surface area contributed by atoms with Crippen LogP contribution in [0.3, 0.4) is 0 Å². The molecule has 2 aromatic rings. The molecule has 1 aliphatic heterocycles. The highest BCUT2D eigenvalue weighted by Gasteiger charge is 2.33. The summed E-state index contributed by atoms with van der Waals surface area (Å²) in [5.74, 6) is -0.298. The number of nitriles is 1. The molecule has 1 aliphatic rings. The summed E-state index contributed by atoms with van der Waals surface area (Å²) in [5.41, 5.74) is 1.05. The van der Waals surface area contributed by atoms with Crippen molar-refractivity contribution in [1.29, 1.82) is 5.26 Å². The lowest BCUT2D eigenvalue weighted by atomic mass is 9.97. The van der Waals surface area contributed by atoms with Crippen LogP contribution in [0.15, 0.2) is 53.7 Å². The van der Waals surface area contributed by atoms with Crippen molar-refractivity contribution in [2.45, 2.75) is 24.3 Å². The molecule has 0 unspecified atom stereocenters. The summed E-state index contributed by atoms with van der Waals surface area (Å²) in [4.78, 5) is 16.4. The van der Waals surface area contributed by atoms with Crippen LogP contribution in [-0.4, -0.2) is 36.7 Å². The quantitative estimate of drug-likeness (QED) is 0.845. The van der Waals surface area contributed by atoms with Gasteiger partial charge in [-0.05, 0) is 36.6 Å². The molecule has 0 bridgehead atoms. The van der Waals surface area contributed by atoms with E-state index in [4.69, 9.17) is 5.26 Å². The summed E-state index contributed by atoms with van der Waals surface area (Å²) in [7, 11) is -3.74. The largest absolute Gasteiger partial charge is 0.352 e. The number of nitrogens with one attached hydrogen (secondary N) is 1. The number of sulfonamides is 1. The first kappa shape index (κ1) is 19.0. The van der Waals surface area contributed by atoms with Crippen LogP contribution < -0.4 is 5.32 Å². The van der Waals surface area contributed by atoms with Gasteiger partial charge in [0, 0.05) is 37.9 Å². The van der Waals surface area contributed by atoms with Gasteiger partial charge in [0.05, 0.1) is 10.5 Å². The van der Waals surface area contributed by atoms with Crippen LogP contribution in [0, 0.1) is 17.2 Å². The molecular weight excluding hydrogens is 364 g/mol. The predicted octanol–water partition coefficient (Wildman–Crippen LogP) is 1.67. The summed E-state index contributed by atoms with van der Waals surface area (Å²) < 4.78 is 27.0. The molecule has 1 aromatic carbocycles. The first-order valence-corrected chi connectivity index (χ1v) is 10.1. The molecule has 1 saturated heterocycles. The van der Waals surface area contributed by atoms with Crippen LogP contribution in [0.5, 0.6) is 0 Å². The molecule has 3 rings (SSSR count). The van der Waals surface area contributed by atoms with E-state index in [0.717, 1.165) is 5.56 Å². The van der Waals surface area contributed by atoms with Gasteiger partial charge in [-0.25, -0.2) is 8.42 Å². The molecule has 7 nitrogen and oxygen atoms in total. The van der Waals surface area contributed by atoms with Crippen molar-refractivity contribution in [2.75, 3.05) is 13.1 Å². The third kappa shape index (κ3) is 4.32. The number of hydrogen-bond donors (Lipinski definition) is 1. The van der Waals surface area contributed by atoms with Gasteiger partial charge in [-0.2, -0.15) is 9.57 Å². The molecule has 0 aliphatic carbocycles. The van der Waals surface area contributed by atoms with Crippen LogP contribution >= 0.6 is 0 Å². The highest BCUT2D eigenvalue weighted by molar-refractivity contribution is 7.89. The normalized spacial score (nSPS) is 15.8. The number of carbonyl (C=O) groups excluding carboxylic acids is 1. The van der Waals surface area contributed by atoms with Crippen molar-refractivity contribution in [3.05, 3.63) is 59.9 Å². The highest BCUT2D eigenvalue weighted by Crippen LogP contribution is 2.25. The van der Waals surface area contributed by atoms with Gasteiger partial charge in [-0.15, -0.1) is 0 Å². The molecular formula is C19H20N4O3S. The van der Waals surface area contributed by atoms with Gasteiger partial charge in [-0.1, -0.05) is 18.2 Å². The van der Waals surface area contributed by atoms with Crippen LogP contribution in [0.25, 0.3) is 0 Å². The first-order valence-electron chi connectivity index (χ1n) is 8.68. The Labute approximate surface area is 158 Å². The smallest absolute Gasteiger partial charge is 0.244 e. The molecule has 1 aromatic heterocycles. The monoisotopic (exact) mass is 384 g/mol. The topological polar surface area (TPSA) is 103 Å². The Morgan fingerprint density at radius 3 is 2.63 bits per heavy atom. The Bertz CT molecular complexity index is 946.